The average Bonchev–Trinajstić information content (AvgIpc) is 2.69. The molecule has 0 aromatic carbocycles. The van der Waals surface area contributed by atoms with E-state index in [2.05, 4.69) is 0 Å². The molecule has 2 rings (SSSR count). The molecule has 2 aliphatic rings. The summed E-state index contributed by atoms with van der Waals surface area (Å²) in [6, 6.07) is -0.472. The van der Waals surface area contributed by atoms with Gasteiger partial charge in [0.15, 0.2) is 0 Å². The maximum absolute atomic E-state index is 12.0. The number of nitrogens with two attached hydrogens (primary N) is 1. The fourth-order valence-corrected chi connectivity index (χ4v) is 2.76. The third-order valence-electron chi connectivity index (χ3n) is 3.87. The van der Waals surface area contributed by atoms with Crippen LogP contribution in [0.5, 0.6) is 0 Å². The molecule has 1 aliphatic heterocycles. The molecule has 1 saturated heterocycles. The summed E-state index contributed by atoms with van der Waals surface area (Å²) >= 11 is 0. The van der Waals surface area contributed by atoms with Gasteiger partial charge in [0, 0.05) is 12.1 Å². The molecule has 0 aromatic heterocycles. The van der Waals surface area contributed by atoms with Crippen molar-refractivity contribution in [2.75, 3.05) is 13.2 Å². The Labute approximate surface area is 113 Å². The van der Waals surface area contributed by atoms with Crippen LogP contribution in [0.4, 0.5) is 4.79 Å². The van der Waals surface area contributed by atoms with Gasteiger partial charge in [-0.3, -0.25) is 0 Å². The van der Waals surface area contributed by atoms with Crippen LogP contribution in [0.2, 0.25) is 0 Å². The van der Waals surface area contributed by atoms with E-state index in [1.54, 1.807) is 4.90 Å². The molecule has 0 saturated carbocycles. The quantitative estimate of drug-likeness (QED) is 0.794. The summed E-state index contributed by atoms with van der Waals surface area (Å²) in [6.07, 6.45) is 8.92. The molecule has 5 nitrogen and oxygen atoms in total. The molecule has 1 fully saturated rings. The number of amides is 2. The van der Waals surface area contributed by atoms with E-state index >= 15 is 0 Å². The number of primary amides is 1. The van der Waals surface area contributed by atoms with Crippen LogP contribution in [0.15, 0.2) is 11.6 Å². The minimum Gasteiger partial charge on any atom is -0.460 e. The van der Waals surface area contributed by atoms with E-state index in [0.29, 0.717) is 6.54 Å². The third kappa shape index (κ3) is 3.72. The van der Waals surface area contributed by atoms with E-state index in [1.165, 1.54) is 6.42 Å². The van der Waals surface area contributed by atoms with Crippen molar-refractivity contribution < 1.29 is 14.3 Å². The molecule has 5 heteroatoms. The van der Waals surface area contributed by atoms with Gasteiger partial charge in [-0.1, -0.05) is 12.5 Å². The number of likely N-dealkylation sites (tertiary alicyclic amines) is 1. The van der Waals surface area contributed by atoms with Crippen LogP contribution < -0.4 is 5.73 Å². The smallest absolute Gasteiger partial charge is 0.333 e. The zero-order valence-electron chi connectivity index (χ0n) is 11.3. The molecule has 19 heavy (non-hydrogen) atoms. The molecule has 1 aliphatic carbocycles. The standard InChI is InChI=1S/C14H22N2O3/c15-14(18)16-9-5-8-12(16)10-19-13(17)11-6-3-1-2-4-7-11/h6,12H,1-5,7-10H2,(H2,15,18)/t12-/m1/s1. The van der Waals surface area contributed by atoms with Gasteiger partial charge in [-0.25, -0.2) is 9.59 Å². The van der Waals surface area contributed by atoms with Crippen LogP contribution in [-0.4, -0.2) is 36.1 Å². The minimum absolute atomic E-state index is 0.0483. The van der Waals surface area contributed by atoms with Crippen LogP contribution in [0.3, 0.4) is 0 Å². The lowest BCUT2D eigenvalue weighted by Crippen LogP contribution is -2.42. The molecular weight excluding hydrogens is 244 g/mol. The fourth-order valence-electron chi connectivity index (χ4n) is 2.76. The number of hydrogen-bond acceptors (Lipinski definition) is 3. The first-order chi connectivity index (χ1) is 9.18. The van der Waals surface area contributed by atoms with Crippen LogP contribution in [0, 0.1) is 0 Å². The Morgan fingerprint density at radius 1 is 1.32 bits per heavy atom. The molecule has 0 unspecified atom stereocenters. The topological polar surface area (TPSA) is 72.6 Å². The zero-order valence-corrected chi connectivity index (χ0v) is 11.3. The summed E-state index contributed by atoms with van der Waals surface area (Å²) in [6.45, 7) is 0.930. The summed E-state index contributed by atoms with van der Waals surface area (Å²) < 4.78 is 5.34. The molecule has 0 aromatic rings. The summed E-state index contributed by atoms with van der Waals surface area (Å²) in [5.74, 6) is -0.224. The highest BCUT2D eigenvalue weighted by molar-refractivity contribution is 5.88. The maximum atomic E-state index is 12.0. The van der Waals surface area contributed by atoms with Crippen molar-refractivity contribution in [2.24, 2.45) is 5.73 Å². The molecule has 2 N–H and O–H groups in total. The first-order valence-electron chi connectivity index (χ1n) is 7.10. The summed E-state index contributed by atoms with van der Waals surface area (Å²) in [7, 11) is 0. The number of urea groups is 1. The molecule has 0 spiro atoms. The van der Waals surface area contributed by atoms with Gasteiger partial charge in [0.2, 0.25) is 0 Å². The number of ether oxygens (including phenoxy) is 1. The second-order valence-corrected chi connectivity index (χ2v) is 5.25. The molecule has 0 radical (unpaired) electrons. The minimum atomic E-state index is -0.424. The van der Waals surface area contributed by atoms with E-state index in [0.717, 1.165) is 44.1 Å². The Balaban J connectivity index is 1.82. The molecule has 0 bridgehead atoms. The van der Waals surface area contributed by atoms with Crippen LogP contribution in [0.25, 0.3) is 0 Å². The van der Waals surface area contributed by atoms with E-state index in [1.807, 2.05) is 6.08 Å². The second kappa shape index (κ2) is 6.59. The predicted octanol–water partition coefficient (Wildman–Crippen LogP) is 1.96. The Morgan fingerprint density at radius 3 is 2.95 bits per heavy atom. The van der Waals surface area contributed by atoms with E-state index in [4.69, 9.17) is 10.5 Å². The van der Waals surface area contributed by atoms with Crippen LogP contribution >= 0.6 is 0 Å². The van der Waals surface area contributed by atoms with Gasteiger partial charge in [0.25, 0.3) is 0 Å². The van der Waals surface area contributed by atoms with Crippen molar-refractivity contribution in [1.82, 2.24) is 4.90 Å². The maximum Gasteiger partial charge on any atom is 0.333 e. The zero-order chi connectivity index (χ0) is 13.7. The predicted molar refractivity (Wildman–Crippen MR) is 71.4 cm³/mol. The fraction of sp³-hybridized carbons (Fsp3) is 0.714. The SMILES string of the molecule is NC(=O)N1CCC[C@@H]1COC(=O)C1=CCCCCC1. The van der Waals surface area contributed by atoms with Gasteiger partial charge < -0.3 is 15.4 Å². The molecule has 2 amide bonds. The lowest BCUT2D eigenvalue weighted by molar-refractivity contribution is -0.140. The Kier molecular flexibility index (Phi) is 4.82. The Hall–Kier alpha value is -1.52. The molecule has 106 valence electrons. The molecule has 1 atom stereocenters. The number of nitrogens with zero attached hydrogens (tertiary/aromatic N) is 1. The Bertz CT molecular complexity index is 379. The van der Waals surface area contributed by atoms with E-state index in [-0.39, 0.29) is 18.6 Å². The third-order valence-corrected chi connectivity index (χ3v) is 3.87. The van der Waals surface area contributed by atoms with Crippen LogP contribution in [-0.2, 0) is 9.53 Å². The van der Waals surface area contributed by atoms with Crippen LogP contribution in [0.1, 0.15) is 44.9 Å². The number of carbonyl (C=O) groups is 2. The van der Waals surface area contributed by atoms with E-state index in [9.17, 15) is 9.59 Å². The summed E-state index contributed by atoms with van der Waals surface area (Å²) in [4.78, 5) is 24.8. The highest BCUT2D eigenvalue weighted by atomic mass is 16.5. The summed E-state index contributed by atoms with van der Waals surface area (Å²) in [5.41, 5.74) is 6.09. The highest BCUT2D eigenvalue weighted by Gasteiger charge is 2.28. The number of allylic oxidation sites excluding steroid dienone is 1. The molecule has 1 heterocycles. The second-order valence-electron chi connectivity index (χ2n) is 5.25. The van der Waals surface area contributed by atoms with Crippen molar-refractivity contribution >= 4 is 12.0 Å². The van der Waals surface area contributed by atoms with E-state index < -0.39 is 6.03 Å². The van der Waals surface area contributed by atoms with Crippen molar-refractivity contribution in [3.63, 3.8) is 0 Å². The largest absolute Gasteiger partial charge is 0.460 e. The van der Waals surface area contributed by atoms with Gasteiger partial charge in [0.05, 0.1) is 6.04 Å². The van der Waals surface area contributed by atoms with Crippen molar-refractivity contribution in [3.05, 3.63) is 11.6 Å². The van der Waals surface area contributed by atoms with Gasteiger partial charge in [0.1, 0.15) is 6.61 Å². The average molecular weight is 266 g/mol. The lowest BCUT2D eigenvalue weighted by Gasteiger charge is -2.22. The van der Waals surface area contributed by atoms with Gasteiger partial charge in [-0.15, -0.1) is 0 Å². The van der Waals surface area contributed by atoms with Crippen molar-refractivity contribution in [2.45, 2.75) is 51.0 Å². The first-order valence-corrected chi connectivity index (χ1v) is 7.10. The number of carbonyl (C=O) groups excluding carboxylic acids is 2. The number of esters is 1. The lowest BCUT2D eigenvalue weighted by atomic mass is 10.1. The highest BCUT2D eigenvalue weighted by Crippen LogP contribution is 2.20. The first kappa shape index (κ1) is 13.9. The molecular formula is C14H22N2O3. The van der Waals surface area contributed by atoms with Gasteiger partial charge in [-0.2, -0.15) is 0 Å². The number of rotatable bonds is 3. The van der Waals surface area contributed by atoms with Gasteiger partial charge >= 0.3 is 12.0 Å². The van der Waals surface area contributed by atoms with Crippen molar-refractivity contribution in [3.8, 4) is 0 Å². The monoisotopic (exact) mass is 266 g/mol. The Morgan fingerprint density at radius 2 is 2.16 bits per heavy atom. The van der Waals surface area contributed by atoms with Crippen molar-refractivity contribution in [1.29, 1.82) is 0 Å². The van der Waals surface area contributed by atoms with Gasteiger partial charge in [-0.05, 0) is 38.5 Å². The normalized spacial score (nSPS) is 23.7. The number of hydrogen-bond donors (Lipinski definition) is 1. The summed E-state index contributed by atoms with van der Waals surface area (Å²) in [5, 5.41) is 0.